The van der Waals surface area contributed by atoms with Crippen molar-refractivity contribution in [3.05, 3.63) is 29.8 Å². The highest BCUT2D eigenvalue weighted by Gasteiger charge is 2.31. The van der Waals surface area contributed by atoms with E-state index in [0.717, 1.165) is 38.0 Å². The number of ether oxygens (including phenoxy) is 1. The molecule has 0 saturated carbocycles. The van der Waals surface area contributed by atoms with Gasteiger partial charge in [-0.1, -0.05) is 12.1 Å². The molecule has 1 aromatic rings. The van der Waals surface area contributed by atoms with Gasteiger partial charge in [0.15, 0.2) is 0 Å². The Morgan fingerprint density at radius 3 is 2.42 bits per heavy atom. The van der Waals surface area contributed by atoms with Gasteiger partial charge in [0.1, 0.15) is 5.75 Å². The highest BCUT2D eigenvalue weighted by Crippen LogP contribution is 2.23. The fourth-order valence-corrected chi connectivity index (χ4v) is 2.94. The lowest BCUT2D eigenvalue weighted by molar-refractivity contribution is -0.274. The number of nitrogens with zero attached hydrogens (tertiary/aromatic N) is 1. The average Bonchev–Trinajstić information content (AvgIpc) is 2.53. The summed E-state index contributed by atoms with van der Waals surface area (Å²) in [5, 5.41) is 3.16. The van der Waals surface area contributed by atoms with Crippen LogP contribution in [0.25, 0.3) is 0 Å². The van der Waals surface area contributed by atoms with Gasteiger partial charge in [-0.15, -0.1) is 13.2 Å². The standard InChI is InChI=1S/C17H23F3N2O2/c1-21-12-14-8-10-22(11-9-14)16(23)7-4-13-2-5-15(6-3-13)24-17(18,19)20/h2-3,5-6,14,21H,4,7-12H2,1H3. The second kappa shape index (κ2) is 8.37. The van der Waals surface area contributed by atoms with E-state index in [-0.39, 0.29) is 11.7 Å². The van der Waals surface area contributed by atoms with Crippen LogP contribution in [0.5, 0.6) is 5.75 Å². The molecule has 0 unspecified atom stereocenters. The van der Waals surface area contributed by atoms with E-state index in [2.05, 4.69) is 10.1 Å². The van der Waals surface area contributed by atoms with Crippen LogP contribution < -0.4 is 10.1 Å². The number of halogens is 3. The monoisotopic (exact) mass is 344 g/mol. The van der Waals surface area contributed by atoms with Crippen LogP contribution in [-0.2, 0) is 11.2 Å². The summed E-state index contributed by atoms with van der Waals surface area (Å²) in [5.41, 5.74) is 0.822. The van der Waals surface area contributed by atoms with Gasteiger partial charge < -0.3 is 15.0 Å². The van der Waals surface area contributed by atoms with E-state index in [1.165, 1.54) is 12.1 Å². The number of alkyl halides is 3. The molecule has 1 amide bonds. The zero-order valence-corrected chi connectivity index (χ0v) is 13.7. The van der Waals surface area contributed by atoms with Crippen LogP contribution in [0.1, 0.15) is 24.8 Å². The quantitative estimate of drug-likeness (QED) is 0.863. The Hall–Kier alpha value is -1.76. The molecule has 4 nitrogen and oxygen atoms in total. The topological polar surface area (TPSA) is 41.6 Å². The molecule has 0 aromatic heterocycles. The summed E-state index contributed by atoms with van der Waals surface area (Å²) in [4.78, 5) is 14.1. The lowest BCUT2D eigenvalue weighted by Gasteiger charge is -2.32. The van der Waals surface area contributed by atoms with Crippen LogP contribution in [-0.4, -0.2) is 43.9 Å². The van der Waals surface area contributed by atoms with Gasteiger partial charge >= 0.3 is 6.36 Å². The SMILES string of the molecule is CNCC1CCN(C(=O)CCc2ccc(OC(F)(F)F)cc2)CC1. The number of hydrogen-bond acceptors (Lipinski definition) is 3. The zero-order chi connectivity index (χ0) is 17.6. The van der Waals surface area contributed by atoms with Crippen LogP contribution >= 0.6 is 0 Å². The second-order valence-electron chi connectivity index (χ2n) is 6.07. The van der Waals surface area contributed by atoms with Gasteiger partial charge in [-0.05, 0) is 56.5 Å². The van der Waals surface area contributed by atoms with Gasteiger partial charge in [0.05, 0.1) is 0 Å². The van der Waals surface area contributed by atoms with Crippen LogP contribution in [0.3, 0.4) is 0 Å². The summed E-state index contributed by atoms with van der Waals surface area (Å²) in [7, 11) is 1.93. The Balaban J connectivity index is 1.76. The van der Waals surface area contributed by atoms with Crippen LogP contribution in [0, 0.1) is 5.92 Å². The molecule has 134 valence electrons. The van der Waals surface area contributed by atoms with Gasteiger partial charge in [-0.3, -0.25) is 4.79 Å². The first kappa shape index (κ1) is 18.6. The number of likely N-dealkylation sites (tertiary alicyclic amines) is 1. The third-order valence-electron chi connectivity index (χ3n) is 4.24. The summed E-state index contributed by atoms with van der Waals surface area (Å²) in [5.74, 6) is 0.484. The first-order chi connectivity index (χ1) is 11.4. The predicted octanol–water partition coefficient (Wildman–Crippen LogP) is 2.98. The minimum Gasteiger partial charge on any atom is -0.406 e. The Morgan fingerprint density at radius 1 is 1.25 bits per heavy atom. The fourth-order valence-electron chi connectivity index (χ4n) is 2.94. The van der Waals surface area contributed by atoms with Crippen molar-refractivity contribution in [3.63, 3.8) is 0 Å². The van der Waals surface area contributed by atoms with Crippen molar-refractivity contribution in [2.24, 2.45) is 5.92 Å². The summed E-state index contributed by atoms with van der Waals surface area (Å²) in [6, 6.07) is 5.67. The number of piperidine rings is 1. The van der Waals surface area contributed by atoms with E-state index in [4.69, 9.17) is 0 Å². The fraction of sp³-hybridized carbons (Fsp3) is 0.588. The Kier molecular flexibility index (Phi) is 6.48. The van der Waals surface area contributed by atoms with Crippen molar-refractivity contribution in [2.45, 2.75) is 32.0 Å². The Bertz CT molecular complexity index is 524. The maximum Gasteiger partial charge on any atom is 0.573 e. The molecule has 7 heteroatoms. The molecule has 0 atom stereocenters. The first-order valence-corrected chi connectivity index (χ1v) is 8.14. The zero-order valence-electron chi connectivity index (χ0n) is 13.7. The number of carbonyl (C=O) groups is 1. The van der Waals surface area contributed by atoms with E-state index in [1.54, 1.807) is 12.1 Å². The number of hydrogen-bond donors (Lipinski definition) is 1. The lowest BCUT2D eigenvalue weighted by Crippen LogP contribution is -2.40. The summed E-state index contributed by atoms with van der Waals surface area (Å²) >= 11 is 0. The molecule has 1 heterocycles. The molecule has 1 aliphatic heterocycles. The van der Waals surface area contributed by atoms with Crippen molar-refractivity contribution < 1.29 is 22.7 Å². The summed E-state index contributed by atoms with van der Waals surface area (Å²) in [6.07, 6.45) is -1.78. The molecular weight excluding hydrogens is 321 g/mol. The number of benzene rings is 1. The van der Waals surface area contributed by atoms with E-state index >= 15 is 0 Å². The molecule has 1 N–H and O–H groups in total. The van der Waals surface area contributed by atoms with Crippen molar-refractivity contribution in [1.82, 2.24) is 10.2 Å². The van der Waals surface area contributed by atoms with Crippen LogP contribution in [0.15, 0.2) is 24.3 Å². The number of rotatable bonds is 6. The Labute approximate surface area is 140 Å². The smallest absolute Gasteiger partial charge is 0.406 e. The molecule has 0 spiro atoms. The van der Waals surface area contributed by atoms with Gasteiger partial charge in [-0.2, -0.15) is 0 Å². The highest BCUT2D eigenvalue weighted by molar-refractivity contribution is 5.76. The third kappa shape index (κ3) is 6.03. The predicted molar refractivity (Wildman–Crippen MR) is 84.7 cm³/mol. The number of carbonyl (C=O) groups excluding carboxylic acids is 1. The highest BCUT2D eigenvalue weighted by atomic mass is 19.4. The molecular formula is C17H23F3N2O2. The minimum absolute atomic E-state index is 0.105. The number of aryl methyl sites for hydroxylation is 1. The number of nitrogens with one attached hydrogen (secondary N) is 1. The van der Waals surface area contributed by atoms with E-state index < -0.39 is 6.36 Å². The molecule has 1 fully saturated rings. The van der Waals surface area contributed by atoms with Crippen LogP contribution in [0.4, 0.5) is 13.2 Å². The second-order valence-corrected chi connectivity index (χ2v) is 6.07. The number of amides is 1. The molecule has 0 bridgehead atoms. The largest absolute Gasteiger partial charge is 0.573 e. The van der Waals surface area contributed by atoms with Gasteiger partial charge in [0.2, 0.25) is 5.91 Å². The van der Waals surface area contributed by atoms with Crippen LogP contribution in [0.2, 0.25) is 0 Å². The van der Waals surface area contributed by atoms with Crippen molar-refractivity contribution in [1.29, 1.82) is 0 Å². The molecule has 2 rings (SSSR count). The first-order valence-electron chi connectivity index (χ1n) is 8.14. The molecule has 1 saturated heterocycles. The normalized spacial score (nSPS) is 16.2. The maximum absolute atomic E-state index is 12.2. The molecule has 24 heavy (non-hydrogen) atoms. The van der Waals surface area contributed by atoms with Crippen molar-refractivity contribution in [3.8, 4) is 5.75 Å². The van der Waals surface area contributed by atoms with E-state index in [1.807, 2.05) is 11.9 Å². The van der Waals surface area contributed by atoms with Crippen molar-refractivity contribution in [2.75, 3.05) is 26.7 Å². The van der Waals surface area contributed by atoms with Gasteiger partial charge in [-0.25, -0.2) is 0 Å². The summed E-state index contributed by atoms with van der Waals surface area (Å²) < 4.78 is 40.1. The maximum atomic E-state index is 12.2. The molecule has 0 radical (unpaired) electrons. The molecule has 1 aromatic carbocycles. The van der Waals surface area contributed by atoms with Crippen molar-refractivity contribution >= 4 is 5.91 Å². The van der Waals surface area contributed by atoms with Gasteiger partial charge in [0, 0.05) is 19.5 Å². The van der Waals surface area contributed by atoms with E-state index in [0.29, 0.717) is 18.8 Å². The average molecular weight is 344 g/mol. The van der Waals surface area contributed by atoms with Gasteiger partial charge in [0.25, 0.3) is 0 Å². The molecule has 1 aliphatic rings. The van der Waals surface area contributed by atoms with E-state index in [9.17, 15) is 18.0 Å². The summed E-state index contributed by atoms with van der Waals surface area (Å²) in [6.45, 7) is 2.54. The minimum atomic E-state index is -4.68. The third-order valence-corrected chi connectivity index (χ3v) is 4.24. The Morgan fingerprint density at radius 2 is 1.88 bits per heavy atom. The molecule has 0 aliphatic carbocycles. The lowest BCUT2D eigenvalue weighted by atomic mass is 9.96.